The second-order valence-corrected chi connectivity index (χ2v) is 7.68. The standard InChI is InChI=1S/C19H29ClN2O/c1-15(2)22-9-7-16(8-10-22)13-21-11-12-23-19(14-21)17-3-5-18(20)6-4-17/h3-6,15-16,19H,7-14H2,1-2H3/t19-/m0/s1. The maximum Gasteiger partial charge on any atom is 0.0952 e. The summed E-state index contributed by atoms with van der Waals surface area (Å²) in [5, 5.41) is 0.790. The second kappa shape index (κ2) is 7.98. The first kappa shape index (κ1) is 17.2. The van der Waals surface area contributed by atoms with Crippen LogP contribution in [0.2, 0.25) is 5.02 Å². The van der Waals surface area contributed by atoms with Crippen LogP contribution in [0.1, 0.15) is 38.4 Å². The number of benzene rings is 1. The molecule has 0 spiro atoms. The maximum atomic E-state index is 5.99. The van der Waals surface area contributed by atoms with Crippen LogP contribution in [0.3, 0.4) is 0 Å². The molecule has 2 heterocycles. The Morgan fingerprint density at radius 1 is 1.13 bits per heavy atom. The van der Waals surface area contributed by atoms with Gasteiger partial charge in [0, 0.05) is 30.7 Å². The lowest BCUT2D eigenvalue weighted by Crippen LogP contribution is -2.45. The van der Waals surface area contributed by atoms with Gasteiger partial charge in [-0.05, 0) is 63.4 Å². The van der Waals surface area contributed by atoms with Crippen molar-refractivity contribution >= 4 is 11.6 Å². The minimum absolute atomic E-state index is 0.191. The summed E-state index contributed by atoms with van der Waals surface area (Å²) in [5.74, 6) is 0.842. The number of morpholine rings is 1. The highest BCUT2D eigenvalue weighted by Gasteiger charge is 2.26. The van der Waals surface area contributed by atoms with Crippen molar-refractivity contribution < 1.29 is 4.74 Å². The zero-order valence-corrected chi connectivity index (χ0v) is 15.1. The first-order valence-corrected chi connectivity index (χ1v) is 9.33. The van der Waals surface area contributed by atoms with Crippen LogP contribution in [-0.2, 0) is 4.74 Å². The number of rotatable bonds is 4. The van der Waals surface area contributed by atoms with Gasteiger partial charge in [0.05, 0.1) is 12.7 Å². The van der Waals surface area contributed by atoms with E-state index in [-0.39, 0.29) is 6.10 Å². The molecule has 1 aromatic rings. The van der Waals surface area contributed by atoms with E-state index in [1.165, 1.54) is 38.0 Å². The fraction of sp³-hybridized carbons (Fsp3) is 0.684. The van der Waals surface area contributed by atoms with Gasteiger partial charge in [-0.3, -0.25) is 4.90 Å². The zero-order valence-electron chi connectivity index (χ0n) is 14.4. The molecule has 2 fully saturated rings. The summed E-state index contributed by atoms with van der Waals surface area (Å²) in [5.41, 5.74) is 1.24. The number of likely N-dealkylation sites (tertiary alicyclic amines) is 1. The molecule has 3 rings (SSSR count). The average molecular weight is 337 g/mol. The van der Waals surface area contributed by atoms with Gasteiger partial charge in [0.25, 0.3) is 0 Å². The van der Waals surface area contributed by atoms with E-state index in [0.29, 0.717) is 6.04 Å². The molecule has 128 valence electrons. The third-order valence-electron chi connectivity index (χ3n) is 5.29. The molecule has 3 nitrogen and oxygen atoms in total. The highest BCUT2D eigenvalue weighted by Crippen LogP contribution is 2.26. The predicted molar refractivity (Wildman–Crippen MR) is 96.0 cm³/mol. The number of halogens is 1. The van der Waals surface area contributed by atoms with Crippen molar-refractivity contribution in [2.24, 2.45) is 5.92 Å². The first-order chi connectivity index (χ1) is 11.1. The molecule has 2 saturated heterocycles. The van der Waals surface area contributed by atoms with Gasteiger partial charge in [0.15, 0.2) is 0 Å². The van der Waals surface area contributed by atoms with Crippen LogP contribution < -0.4 is 0 Å². The monoisotopic (exact) mass is 336 g/mol. The van der Waals surface area contributed by atoms with Gasteiger partial charge in [-0.15, -0.1) is 0 Å². The van der Waals surface area contributed by atoms with Crippen LogP contribution in [0, 0.1) is 5.92 Å². The van der Waals surface area contributed by atoms with Crippen molar-refractivity contribution in [2.75, 3.05) is 39.3 Å². The summed E-state index contributed by atoms with van der Waals surface area (Å²) in [7, 11) is 0. The predicted octanol–water partition coefficient (Wildman–Crippen LogP) is 3.83. The summed E-state index contributed by atoms with van der Waals surface area (Å²) in [4.78, 5) is 5.20. The number of hydrogen-bond donors (Lipinski definition) is 0. The van der Waals surface area contributed by atoms with Gasteiger partial charge < -0.3 is 9.64 Å². The SMILES string of the molecule is CC(C)N1CCC(CN2CCO[C@H](c3ccc(Cl)cc3)C2)CC1. The molecule has 0 bridgehead atoms. The maximum absolute atomic E-state index is 5.99. The number of hydrogen-bond acceptors (Lipinski definition) is 3. The fourth-order valence-corrected chi connectivity index (χ4v) is 3.89. The first-order valence-electron chi connectivity index (χ1n) is 8.95. The highest BCUT2D eigenvalue weighted by atomic mass is 35.5. The number of ether oxygens (including phenoxy) is 1. The van der Waals surface area contributed by atoms with Crippen LogP contribution >= 0.6 is 11.6 Å². The lowest BCUT2D eigenvalue weighted by atomic mass is 9.95. The lowest BCUT2D eigenvalue weighted by molar-refractivity contribution is -0.0376. The second-order valence-electron chi connectivity index (χ2n) is 7.24. The van der Waals surface area contributed by atoms with Gasteiger partial charge in [0.2, 0.25) is 0 Å². The molecule has 0 unspecified atom stereocenters. The molecule has 2 aliphatic rings. The van der Waals surface area contributed by atoms with E-state index >= 15 is 0 Å². The van der Waals surface area contributed by atoms with Gasteiger partial charge in [0.1, 0.15) is 0 Å². The third kappa shape index (κ3) is 4.69. The summed E-state index contributed by atoms with van der Waals surface area (Å²) in [6, 6.07) is 8.80. The van der Waals surface area contributed by atoms with Gasteiger partial charge >= 0.3 is 0 Å². The quantitative estimate of drug-likeness (QED) is 0.831. The van der Waals surface area contributed by atoms with E-state index in [1.54, 1.807) is 0 Å². The molecule has 2 aliphatic heterocycles. The molecule has 23 heavy (non-hydrogen) atoms. The molecular formula is C19H29ClN2O. The summed E-state index contributed by atoms with van der Waals surface area (Å²) in [6.07, 6.45) is 2.86. The molecule has 1 aromatic carbocycles. The van der Waals surface area contributed by atoms with Crippen molar-refractivity contribution in [3.05, 3.63) is 34.9 Å². The number of piperidine rings is 1. The van der Waals surface area contributed by atoms with Crippen LogP contribution in [0.4, 0.5) is 0 Å². The Morgan fingerprint density at radius 3 is 2.48 bits per heavy atom. The molecule has 0 saturated carbocycles. The summed E-state index contributed by atoms with van der Waals surface area (Å²) in [6.45, 7) is 11.2. The van der Waals surface area contributed by atoms with E-state index in [9.17, 15) is 0 Å². The van der Waals surface area contributed by atoms with Crippen molar-refractivity contribution in [2.45, 2.75) is 38.8 Å². The zero-order chi connectivity index (χ0) is 16.2. The van der Waals surface area contributed by atoms with E-state index in [2.05, 4.69) is 35.8 Å². The van der Waals surface area contributed by atoms with Crippen molar-refractivity contribution in [3.8, 4) is 0 Å². The van der Waals surface area contributed by atoms with E-state index in [0.717, 1.165) is 30.6 Å². The fourth-order valence-electron chi connectivity index (χ4n) is 3.76. The Kier molecular flexibility index (Phi) is 5.97. The van der Waals surface area contributed by atoms with Gasteiger partial charge in [-0.25, -0.2) is 0 Å². The van der Waals surface area contributed by atoms with Crippen molar-refractivity contribution in [1.29, 1.82) is 0 Å². The molecule has 0 aromatic heterocycles. The van der Waals surface area contributed by atoms with Gasteiger partial charge in [-0.2, -0.15) is 0 Å². The largest absolute Gasteiger partial charge is 0.371 e. The van der Waals surface area contributed by atoms with E-state index in [4.69, 9.17) is 16.3 Å². The Labute approximate surface area is 145 Å². The minimum atomic E-state index is 0.191. The average Bonchev–Trinajstić information content (AvgIpc) is 2.56. The minimum Gasteiger partial charge on any atom is -0.371 e. The van der Waals surface area contributed by atoms with Crippen LogP contribution in [0.15, 0.2) is 24.3 Å². The summed E-state index contributed by atoms with van der Waals surface area (Å²) >= 11 is 5.99. The van der Waals surface area contributed by atoms with Crippen molar-refractivity contribution in [1.82, 2.24) is 9.80 Å². The normalized spacial score (nSPS) is 25.1. The van der Waals surface area contributed by atoms with Crippen LogP contribution in [0.25, 0.3) is 0 Å². The van der Waals surface area contributed by atoms with Gasteiger partial charge in [-0.1, -0.05) is 23.7 Å². The van der Waals surface area contributed by atoms with E-state index in [1.807, 2.05) is 12.1 Å². The van der Waals surface area contributed by atoms with Crippen molar-refractivity contribution in [3.63, 3.8) is 0 Å². The smallest absolute Gasteiger partial charge is 0.0952 e. The lowest BCUT2D eigenvalue weighted by Gasteiger charge is -2.39. The molecule has 4 heteroatoms. The molecular weight excluding hydrogens is 308 g/mol. The topological polar surface area (TPSA) is 15.7 Å². The molecule has 0 N–H and O–H groups in total. The van der Waals surface area contributed by atoms with E-state index < -0.39 is 0 Å². The Bertz CT molecular complexity index is 483. The molecule has 1 atom stereocenters. The number of nitrogens with zero attached hydrogens (tertiary/aromatic N) is 2. The molecule has 0 radical (unpaired) electrons. The van der Waals surface area contributed by atoms with Crippen LogP contribution in [-0.4, -0.2) is 55.2 Å². The highest BCUT2D eigenvalue weighted by molar-refractivity contribution is 6.30. The Balaban J connectivity index is 1.50. The third-order valence-corrected chi connectivity index (χ3v) is 5.54. The summed E-state index contributed by atoms with van der Waals surface area (Å²) < 4.78 is 5.98. The molecule has 0 aliphatic carbocycles. The van der Waals surface area contributed by atoms with Crippen LogP contribution in [0.5, 0.6) is 0 Å². The Morgan fingerprint density at radius 2 is 1.83 bits per heavy atom. The molecule has 0 amide bonds. The Hall–Kier alpha value is -0.610.